The molecule has 1 fully saturated rings. The summed E-state index contributed by atoms with van der Waals surface area (Å²) in [4.78, 5) is 55.8. The maximum atomic E-state index is 14.2. The van der Waals surface area contributed by atoms with E-state index in [-0.39, 0.29) is 35.1 Å². The molecule has 0 saturated carbocycles. The van der Waals surface area contributed by atoms with Crippen molar-refractivity contribution in [2.24, 2.45) is 14.1 Å². The van der Waals surface area contributed by atoms with Gasteiger partial charge in [0.15, 0.2) is 0 Å². The Kier molecular flexibility index (Phi) is 7.80. The number of hydrogen-bond donors (Lipinski definition) is 1. The number of nitrogens with one attached hydrogen (secondary N) is 1. The predicted octanol–water partition coefficient (Wildman–Crippen LogP) is 3.72. The number of nitrogens with zero attached hydrogens (tertiary/aromatic N) is 5. The number of anilines is 1. The van der Waals surface area contributed by atoms with Crippen molar-refractivity contribution in [1.29, 1.82) is 0 Å². The van der Waals surface area contributed by atoms with E-state index in [2.05, 4.69) is 5.32 Å². The molecule has 1 aliphatic heterocycles. The quantitative estimate of drug-likeness (QED) is 0.377. The highest BCUT2D eigenvalue weighted by Crippen LogP contribution is 2.35. The molecule has 1 saturated heterocycles. The molecule has 1 N–H and O–H groups in total. The van der Waals surface area contributed by atoms with Gasteiger partial charge in [-0.3, -0.25) is 23.3 Å². The fourth-order valence-corrected chi connectivity index (χ4v) is 5.74. The number of rotatable bonds is 5. The third kappa shape index (κ3) is 5.48. The molecule has 5 rings (SSSR count). The summed E-state index contributed by atoms with van der Waals surface area (Å²) in [7, 11) is 2.98. The lowest BCUT2D eigenvalue weighted by atomic mass is 10.0. The van der Waals surface area contributed by atoms with Gasteiger partial charge in [0.2, 0.25) is 0 Å². The highest BCUT2D eigenvalue weighted by Gasteiger charge is 2.34. The van der Waals surface area contributed by atoms with E-state index in [1.807, 2.05) is 23.1 Å². The number of halogens is 1. The number of carbonyl (C=O) groups is 2. The van der Waals surface area contributed by atoms with Crippen LogP contribution in [-0.4, -0.2) is 55.0 Å². The molecule has 0 spiro atoms. The molecule has 0 radical (unpaired) electrons. The van der Waals surface area contributed by atoms with Crippen LogP contribution in [-0.2, 0) is 25.4 Å². The van der Waals surface area contributed by atoms with Gasteiger partial charge in [-0.2, -0.15) is 0 Å². The van der Waals surface area contributed by atoms with E-state index in [4.69, 9.17) is 16.3 Å². The summed E-state index contributed by atoms with van der Waals surface area (Å²) in [6.07, 6.45) is 4.16. The third-order valence-corrected chi connectivity index (χ3v) is 7.78. The number of aryl methyl sites for hydroxylation is 1. The van der Waals surface area contributed by atoms with Gasteiger partial charge < -0.3 is 19.5 Å². The molecule has 0 bridgehead atoms. The van der Waals surface area contributed by atoms with Gasteiger partial charge in [0.1, 0.15) is 22.5 Å². The summed E-state index contributed by atoms with van der Waals surface area (Å²) < 4.78 is 11.1. The van der Waals surface area contributed by atoms with E-state index in [0.29, 0.717) is 36.8 Å². The van der Waals surface area contributed by atoms with Gasteiger partial charge in [-0.25, -0.2) is 9.59 Å². The van der Waals surface area contributed by atoms with Gasteiger partial charge in [0.25, 0.3) is 11.5 Å². The van der Waals surface area contributed by atoms with Gasteiger partial charge in [-0.15, -0.1) is 0 Å². The molecule has 1 atom stereocenters. The topological polar surface area (TPSA) is 112 Å². The van der Waals surface area contributed by atoms with Crippen LogP contribution in [0.4, 0.5) is 10.6 Å². The minimum atomic E-state index is -0.652. The molecule has 4 heterocycles. The number of piperidine rings is 1. The molecule has 11 nitrogen and oxygen atoms in total. The molecular weight excluding hydrogens is 560 g/mol. The molecule has 12 heteroatoms. The van der Waals surface area contributed by atoms with E-state index < -0.39 is 22.9 Å². The van der Waals surface area contributed by atoms with Crippen molar-refractivity contribution in [2.45, 2.75) is 51.8 Å². The van der Waals surface area contributed by atoms with Crippen LogP contribution in [0.15, 0.2) is 58.4 Å². The van der Waals surface area contributed by atoms with Crippen molar-refractivity contribution in [3.8, 4) is 0 Å². The van der Waals surface area contributed by atoms with Crippen molar-refractivity contribution >= 4 is 40.5 Å². The summed E-state index contributed by atoms with van der Waals surface area (Å²) >= 11 is 6.58. The molecule has 3 aromatic heterocycles. The number of aromatic nitrogens is 4. The number of ether oxygens (including phenoxy) is 1. The van der Waals surface area contributed by atoms with Crippen LogP contribution in [0.5, 0.6) is 0 Å². The molecule has 222 valence electrons. The summed E-state index contributed by atoms with van der Waals surface area (Å²) in [5.41, 5.74) is -0.288. The molecule has 1 amide bonds. The first-order chi connectivity index (χ1) is 19.9. The first-order valence-electron chi connectivity index (χ1n) is 13.8. The van der Waals surface area contributed by atoms with Crippen LogP contribution in [0, 0.1) is 0 Å². The second-order valence-corrected chi connectivity index (χ2v) is 12.0. The minimum Gasteiger partial charge on any atom is -0.444 e. The van der Waals surface area contributed by atoms with Crippen LogP contribution < -0.4 is 21.5 Å². The molecule has 1 aromatic carbocycles. The average Bonchev–Trinajstić information content (AvgIpc) is 3.58. The molecular formula is C30H35ClN6O5. The van der Waals surface area contributed by atoms with E-state index in [0.717, 1.165) is 10.1 Å². The largest absolute Gasteiger partial charge is 0.444 e. The molecule has 4 aromatic rings. The second kappa shape index (κ2) is 11.2. The lowest BCUT2D eigenvalue weighted by molar-refractivity contribution is 0.0499. The van der Waals surface area contributed by atoms with Crippen LogP contribution in [0.1, 0.15) is 49.5 Å². The first-order valence-corrected chi connectivity index (χ1v) is 14.2. The lowest BCUT2D eigenvalue weighted by Crippen LogP contribution is -2.49. The molecule has 1 aliphatic rings. The maximum Gasteiger partial charge on any atom is 0.407 e. The van der Waals surface area contributed by atoms with E-state index in [1.165, 1.54) is 16.2 Å². The van der Waals surface area contributed by atoms with Gasteiger partial charge in [0.05, 0.1) is 12.1 Å². The Balaban J connectivity index is 1.74. The van der Waals surface area contributed by atoms with Crippen molar-refractivity contribution < 1.29 is 14.3 Å². The van der Waals surface area contributed by atoms with E-state index >= 15 is 0 Å². The summed E-state index contributed by atoms with van der Waals surface area (Å²) in [6.45, 7) is 6.51. The number of carbonyl (C=O) groups excluding carboxylic acids is 2. The number of benzene rings is 1. The smallest absolute Gasteiger partial charge is 0.407 e. The normalized spacial score (nSPS) is 15.7. The van der Waals surface area contributed by atoms with Crippen molar-refractivity contribution in [2.75, 3.05) is 18.0 Å². The van der Waals surface area contributed by atoms with Crippen LogP contribution in [0.25, 0.3) is 11.0 Å². The average molecular weight is 595 g/mol. The monoisotopic (exact) mass is 594 g/mol. The van der Waals surface area contributed by atoms with Crippen LogP contribution in [0.2, 0.25) is 5.02 Å². The van der Waals surface area contributed by atoms with Gasteiger partial charge in [-0.1, -0.05) is 29.8 Å². The van der Waals surface area contributed by atoms with E-state index in [1.54, 1.807) is 63.0 Å². The minimum absolute atomic E-state index is 0.179. The first kappa shape index (κ1) is 29.2. The third-order valence-electron chi connectivity index (χ3n) is 7.41. The van der Waals surface area contributed by atoms with Crippen LogP contribution in [0.3, 0.4) is 0 Å². The zero-order valence-electron chi connectivity index (χ0n) is 24.4. The highest BCUT2D eigenvalue weighted by molar-refractivity contribution is 6.31. The van der Waals surface area contributed by atoms with Crippen molar-refractivity contribution in [3.05, 3.63) is 85.8 Å². The number of alkyl carbamates (subject to hydrolysis) is 1. The fourth-order valence-electron chi connectivity index (χ4n) is 5.54. The summed E-state index contributed by atoms with van der Waals surface area (Å²) in [6, 6.07) is 10.5. The zero-order chi connectivity index (χ0) is 30.3. The Hall–Kier alpha value is -4.25. The Morgan fingerprint density at radius 3 is 2.38 bits per heavy atom. The Morgan fingerprint density at radius 1 is 1.02 bits per heavy atom. The standard InChI is InChI=1S/C30H35ClN6O5/c1-30(2,3)42-28(40)32-20-12-10-16-36(18-20)25-22(26(38)35-14-8-9-15-35)23-24(27(39)34(5)29(41)33(23)4)37(25)17-19-11-6-7-13-21(19)31/h6-9,11,13-15,20H,10,12,16-18H2,1-5H3,(H,32,40)/t20-/m1/s1. The number of fused-ring (bicyclic) bond motifs is 1. The van der Waals surface area contributed by atoms with Crippen molar-refractivity contribution in [3.63, 3.8) is 0 Å². The molecule has 0 aliphatic carbocycles. The Bertz CT molecular complexity index is 1780. The summed E-state index contributed by atoms with van der Waals surface area (Å²) in [5.74, 6) is 0.0981. The van der Waals surface area contributed by atoms with Gasteiger partial charge >= 0.3 is 11.8 Å². The fraction of sp³-hybridized carbons (Fsp3) is 0.400. The number of hydrogen-bond acceptors (Lipinski definition) is 6. The van der Waals surface area contributed by atoms with Gasteiger partial charge in [-0.05, 0) is 57.4 Å². The lowest BCUT2D eigenvalue weighted by Gasteiger charge is -2.36. The molecule has 42 heavy (non-hydrogen) atoms. The van der Waals surface area contributed by atoms with Crippen LogP contribution >= 0.6 is 11.6 Å². The number of amides is 1. The second-order valence-electron chi connectivity index (χ2n) is 11.6. The van der Waals surface area contributed by atoms with Crippen molar-refractivity contribution in [1.82, 2.24) is 23.6 Å². The zero-order valence-corrected chi connectivity index (χ0v) is 25.1. The highest BCUT2D eigenvalue weighted by atomic mass is 35.5. The SMILES string of the molecule is Cn1c(=O)c2c(c(C(=O)n3cccc3)c(N3CCC[C@@H](NC(=O)OC(C)(C)C)C3)n2Cc2ccccc2Cl)n(C)c1=O. The Labute approximate surface area is 247 Å². The summed E-state index contributed by atoms with van der Waals surface area (Å²) in [5, 5.41) is 3.47. The molecule has 0 unspecified atom stereocenters. The maximum absolute atomic E-state index is 14.2. The Morgan fingerprint density at radius 2 is 1.71 bits per heavy atom. The predicted molar refractivity (Wildman–Crippen MR) is 162 cm³/mol. The van der Waals surface area contributed by atoms with Gasteiger partial charge in [0, 0.05) is 50.6 Å². The van der Waals surface area contributed by atoms with E-state index in [9.17, 15) is 19.2 Å².